The molecule has 1 aliphatic rings. The fourth-order valence-corrected chi connectivity index (χ4v) is 3.39. The number of amides is 1. The zero-order valence-electron chi connectivity index (χ0n) is 15.0. The van der Waals surface area contributed by atoms with Crippen molar-refractivity contribution in [3.8, 4) is 0 Å². The van der Waals surface area contributed by atoms with Crippen molar-refractivity contribution in [2.24, 2.45) is 0 Å². The van der Waals surface area contributed by atoms with E-state index >= 15 is 0 Å². The van der Waals surface area contributed by atoms with Crippen LogP contribution >= 0.6 is 11.6 Å². The van der Waals surface area contributed by atoms with Gasteiger partial charge in [-0.3, -0.25) is 15.0 Å². The van der Waals surface area contributed by atoms with Crippen LogP contribution in [0.1, 0.15) is 35.7 Å². The zero-order chi connectivity index (χ0) is 20.8. The SMILES string of the molecule is O=C(Cc1cccc(Cl)c1)Nn1c(C2CC2)nc2c(C(F)(F)F)cccc2c1=O. The lowest BCUT2D eigenvalue weighted by molar-refractivity contribution is -0.136. The third kappa shape index (κ3) is 3.98. The Morgan fingerprint density at radius 3 is 2.59 bits per heavy atom. The van der Waals surface area contributed by atoms with E-state index in [4.69, 9.17) is 11.6 Å². The van der Waals surface area contributed by atoms with Crippen molar-refractivity contribution in [3.63, 3.8) is 0 Å². The Labute approximate surface area is 168 Å². The molecule has 5 nitrogen and oxygen atoms in total. The van der Waals surface area contributed by atoms with Crippen LogP contribution in [0, 0.1) is 0 Å². The third-order valence-corrected chi connectivity index (χ3v) is 4.90. The van der Waals surface area contributed by atoms with Crippen LogP contribution in [0.3, 0.4) is 0 Å². The Kier molecular flexibility index (Phi) is 4.82. The number of carbonyl (C=O) groups excluding carboxylic acids is 1. The van der Waals surface area contributed by atoms with Crippen LogP contribution in [0.2, 0.25) is 5.02 Å². The number of benzene rings is 2. The lowest BCUT2D eigenvalue weighted by atomic mass is 10.1. The van der Waals surface area contributed by atoms with Crippen molar-refractivity contribution >= 4 is 28.4 Å². The van der Waals surface area contributed by atoms with E-state index in [9.17, 15) is 22.8 Å². The lowest BCUT2D eigenvalue weighted by Gasteiger charge is -2.16. The van der Waals surface area contributed by atoms with Gasteiger partial charge in [0, 0.05) is 10.9 Å². The molecule has 4 rings (SSSR count). The van der Waals surface area contributed by atoms with Gasteiger partial charge in [-0.15, -0.1) is 0 Å². The average Bonchev–Trinajstić information content (AvgIpc) is 3.47. The molecule has 9 heteroatoms. The van der Waals surface area contributed by atoms with Gasteiger partial charge in [-0.05, 0) is 42.7 Å². The van der Waals surface area contributed by atoms with E-state index in [0.29, 0.717) is 23.4 Å². The molecule has 1 fully saturated rings. The molecule has 2 aromatic carbocycles. The molecule has 29 heavy (non-hydrogen) atoms. The Bertz CT molecular complexity index is 1170. The second kappa shape index (κ2) is 7.18. The van der Waals surface area contributed by atoms with E-state index in [1.54, 1.807) is 24.3 Å². The second-order valence-electron chi connectivity index (χ2n) is 6.93. The van der Waals surface area contributed by atoms with E-state index in [0.717, 1.165) is 16.8 Å². The number of nitrogens with one attached hydrogen (secondary N) is 1. The molecular weight excluding hydrogens is 407 g/mol. The topological polar surface area (TPSA) is 64.0 Å². The molecule has 1 heterocycles. The van der Waals surface area contributed by atoms with Crippen molar-refractivity contribution in [1.82, 2.24) is 9.66 Å². The highest BCUT2D eigenvalue weighted by molar-refractivity contribution is 6.30. The Hall–Kier alpha value is -2.87. The summed E-state index contributed by atoms with van der Waals surface area (Å²) in [5.74, 6) is -0.525. The number of alkyl halides is 3. The second-order valence-corrected chi connectivity index (χ2v) is 7.36. The van der Waals surface area contributed by atoms with Crippen molar-refractivity contribution in [2.45, 2.75) is 31.4 Å². The minimum absolute atomic E-state index is 0.0439. The van der Waals surface area contributed by atoms with Gasteiger partial charge in [-0.2, -0.15) is 13.2 Å². The van der Waals surface area contributed by atoms with Gasteiger partial charge >= 0.3 is 6.18 Å². The summed E-state index contributed by atoms with van der Waals surface area (Å²) in [5, 5.41) is 0.269. The molecule has 1 aliphatic carbocycles. The Balaban J connectivity index is 1.76. The highest BCUT2D eigenvalue weighted by Crippen LogP contribution is 2.40. The summed E-state index contributed by atoms with van der Waals surface area (Å²) in [5.41, 5.74) is 1.04. The maximum absolute atomic E-state index is 13.4. The number of fused-ring (bicyclic) bond motifs is 1. The van der Waals surface area contributed by atoms with E-state index in [-0.39, 0.29) is 23.5 Å². The fourth-order valence-electron chi connectivity index (χ4n) is 3.17. The molecular formula is C20H15ClF3N3O2. The molecule has 1 saturated carbocycles. The molecule has 1 amide bonds. The molecule has 150 valence electrons. The smallest absolute Gasteiger partial charge is 0.273 e. The number of rotatable bonds is 4. The molecule has 3 aromatic rings. The number of halogens is 4. The van der Waals surface area contributed by atoms with Gasteiger partial charge in [-0.25, -0.2) is 9.66 Å². The van der Waals surface area contributed by atoms with E-state index in [2.05, 4.69) is 10.4 Å². The van der Waals surface area contributed by atoms with Gasteiger partial charge in [-0.1, -0.05) is 29.8 Å². The number of hydrogen-bond acceptors (Lipinski definition) is 3. The minimum atomic E-state index is -4.64. The minimum Gasteiger partial charge on any atom is -0.273 e. The normalized spacial score (nSPS) is 14.2. The maximum atomic E-state index is 13.4. The summed E-state index contributed by atoms with van der Waals surface area (Å²) in [7, 11) is 0. The van der Waals surface area contributed by atoms with Crippen LogP contribution < -0.4 is 11.0 Å². The van der Waals surface area contributed by atoms with Crippen molar-refractivity contribution in [3.05, 3.63) is 74.8 Å². The maximum Gasteiger partial charge on any atom is 0.418 e. The summed E-state index contributed by atoms with van der Waals surface area (Å²) < 4.78 is 41.0. The van der Waals surface area contributed by atoms with Crippen LogP contribution in [0.5, 0.6) is 0 Å². The van der Waals surface area contributed by atoms with Crippen LogP contribution in [-0.2, 0) is 17.4 Å². The molecule has 1 N–H and O–H groups in total. The number of carbonyl (C=O) groups is 1. The summed E-state index contributed by atoms with van der Waals surface area (Å²) in [6, 6.07) is 10.0. The summed E-state index contributed by atoms with van der Waals surface area (Å²) in [6.07, 6.45) is -3.30. The molecule has 0 saturated heterocycles. The van der Waals surface area contributed by atoms with Gasteiger partial charge < -0.3 is 0 Å². The number of nitrogens with zero attached hydrogens (tertiary/aromatic N) is 2. The largest absolute Gasteiger partial charge is 0.418 e. The van der Waals surface area contributed by atoms with Crippen molar-refractivity contribution in [1.29, 1.82) is 0 Å². The van der Waals surface area contributed by atoms with Gasteiger partial charge in [0.05, 0.1) is 22.9 Å². The first kappa shape index (κ1) is 19.4. The molecule has 0 atom stereocenters. The van der Waals surface area contributed by atoms with Gasteiger partial charge in [0.25, 0.3) is 5.56 Å². The van der Waals surface area contributed by atoms with Crippen LogP contribution in [0.15, 0.2) is 47.3 Å². The molecule has 0 spiro atoms. The third-order valence-electron chi connectivity index (χ3n) is 4.66. The van der Waals surface area contributed by atoms with E-state index in [1.807, 2.05) is 0 Å². The van der Waals surface area contributed by atoms with Crippen LogP contribution in [-0.4, -0.2) is 15.6 Å². The molecule has 1 aromatic heterocycles. The number of aromatic nitrogens is 2. The van der Waals surface area contributed by atoms with Crippen molar-refractivity contribution in [2.75, 3.05) is 5.43 Å². The van der Waals surface area contributed by atoms with E-state index < -0.39 is 28.7 Å². The highest BCUT2D eigenvalue weighted by Gasteiger charge is 2.36. The van der Waals surface area contributed by atoms with Gasteiger partial charge in [0.15, 0.2) is 0 Å². The predicted molar refractivity (Wildman–Crippen MR) is 103 cm³/mol. The summed E-state index contributed by atoms with van der Waals surface area (Å²) >= 11 is 5.92. The molecule has 0 aliphatic heterocycles. The van der Waals surface area contributed by atoms with Crippen LogP contribution in [0.25, 0.3) is 10.9 Å². The highest BCUT2D eigenvalue weighted by atomic mass is 35.5. The lowest BCUT2D eigenvalue weighted by Crippen LogP contribution is -2.37. The van der Waals surface area contributed by atoms with E-state index in [1.165, 1.54) is 6.07 Å². The first-order chi connectivity index (χ1) is 13.7. The monoisotopic (exact) mass is 421 g/mol. The first-order valence-corrected chi connectivity index (χ1v) is 9.29. The Morgan fingerprint density at radius 1 is 1.21 bits per heavy atom. The Morgan fingerprint density at radius 2 is 1.93 bits per heavy atom. The molecule has 0 unspecified atom stereocenters. The first-order valence-electron chi connectivity index (χ1n) is 8.91. The summed E-state index contributed by atoms with van der Waals surface area (Å²) in [6.45, 7) is 0. The van der Waals surface area contributed by atoms with Gasteiger partial charge in [0.2, 0.25) is 5.91 Å². The quantitative estimate of drug-likeness (QED) is 0.684. The summed E-state index contributed by atoms with van der Waals surface area (Å²) in [4.78, 5) is 29.5. The molecule has 0 radical (unpaired) electrons. The number of para-hydroxylation sites is 1. The fraction of sp³-hybridized carbons (Fsp3) is 0.250. The predicted octanol–water partition coefficient (Wildman–Crippen LogP) is 4.26. The van der Waals surface area contributed by atoms with Crippen molar-refractivity contribution < 1.29 is 18.0 Å². The standard InChI is InChI=1S/C20H15ClF3N3O2/c21-13-4-1-3-11(9-13)10-16(28)26-27-18(12-7-8-12)25-17-14(19(27)29)5-2-6-15(17)20(22,23)24/h1-6,9,12H,7-8,10H2,(H,26,28). The average molecular weight is 422 g/mol. The zero-order valence-corrected chi connectivity index (χ0v) is 15.7. The molecule has 0 bridgehead atoms. The van der Waals surface area contributed by atoms with Crippen LogP contribution in [0.4, 0.5) is 13.2 Å². The number of hydrogen-bond donors (Lipinski definition) is 1. The van der Waals surface area contributed by atoms with Gasteiger partial charge in [0.1, 0.15) is 5.82 Å².